The van der Waals surface area contributed by atoms with Crippen LogP contribution >= 0.6 is 27.7 Å². The van der Waals surface area contributed by atoms with Gasteiger partial charge < -0.3 is 5.11 Å². The van der Waals surface area contributed by atoms with Crippen LogP contribution in [0, 0.1) is 0 Å². The van der Waals surface area contributed by atoms with Crippen molar-refractivity contribution < 1.29 is 18.3 Å². The lowest BCUT2D eigenvalue weighted by Gasteiger charge is -2.36. The Morgan fingerprint density at radius 2 is 2.10 bits per heavy atom. The first-order valence-electron chi connectivity index (χ1n) is 6.41. The van der Waals surface area contributed by atoms with E-state index < -0.39 is 16.0 Å². The van der Waals surface area contributed by atoms with Gasteiger partial charge in [-0.15, -0.1) is 0 Å². The van der Waals surface area contributed by atoms with E-state index in [2.05, 4.69) is 15.9 Å². The molecule has 1 heterocycles. The highest BCUT2D eigenvalue weighted by Gasteiger charge is 2.36. The van der Waals surface area contributed by atoms with Gasteiger partial charge in [-0.25, -0.2) is 13.2 Å². The summed E-state index contributed by atoms with van der Waals surface area (Å²) in [7, 11) is -3.72. The van der Waals surface area contributed by atoms with Crippen molar-refractivity contribution in [2.75, 3.05) is 12.3 Å². The van der Waals surface area contributed by atoms with Gasteiger partial charge in [0.05, 0.1) is 10.5 Å². The molecule has 5 nitrogen and oxygen atoms in total. The van der Waals surface area contributed by atoms with E-state index >= 15 is 0 Å². The topological polar surface area (TPSA) is 74.7 Å². The van der Waals surface area contributed by atoms with E-state index in [-0.39, 0.29) is 21.8 Å². The molecular weight excluding hydrogens is 378 g/mol. The van der Waals surface area contributed by atoms with Crippen molar-refractivity contribution in [3.63, 3.8) is 0 Å². The third kappa shape index (κ3) is 3.28. The van der Waals surface area contributed by atoms with Gasteiger partial charge in [-0.3, -0.25) is 0 Å². The van der Waals surface area contributed by atoms with Crippen LogP contribution in [0.5, 0.6) is 0 Å². The molecule has 2 unspecified atom stereocenters. The largest absolute Gasteiger partial charge is 0.478 e. The number of sulfonamides is 1. The lowest BCUT2D eigenvalue weighted by molar-refractivity contribution is 0.0696. The Kier molecular flexibility index (Phi) is 5.02. The highest BCUT2D eigenvalue weighted by molar-refractivity contribution is 9.10. The second kappa shape index (κ2) is 6.28. The molecule has 0 spiro atoms. The van der Waals surface area contributed by atoms with Crippen LogP contribution < -0.4 is 0 Å². The zero-order chi connectivity index (χ0) is 15.8. The molecule has 116 valence electrons. The predicted molar refractivity (Wildman–Crippen MR) is 86.4 cm³/mol. The molecule has 2 atom stereocenters. The number of thioether (sulfide) groups is 1. The molecule has 0 bridgehead atoms. The van der Waals surface area contributed by atoms with Gasteiger partial charge in [-0.05, 0) is 41.1 Å². The van der Waals surface area contributed by atoms with Crippen LogP contribution in [0.25, 0.3) is 0 Å². The molecule has 1 aliphatic rings. The van der Waals surface area contributed by atoms with E-state index in [1.165, 1.54) is 22.5 Å². The van der Waals surface area contributed by atoms with E-state index in [1.54, 1.807) is 11.8 Å². The van der Waals surface area contributed by atoms with Crippen molar-refractivity contribution in [1.29, 1.82) is 0 Å². The van der Waals surface area contributed by atoms with Crippen LogP contribution in [-0.2, 0) is 10.0 Å². The summed E-state index contributed by atoms with van der Waals surface area (Å²) in [4.78, 5) is 11.1. The fraction of sp³-hybridized carbons (Fsp3) is 0.462. The number of halogens is 1. The molecule has 1 fully saturated rings. The lowest BCUT2D eigenvalue weighted by Crippen LogP contribution is -2.47. The number of aromatic carboxylic acids is 1. The molecule has 1 aromatic rings. The van der Waals surface area contributed by atoms with Gasteiger partial charge in [0, 0.05) is 28.1 Å². The minimum absolute atomic E-state index is 0.00773. The average molecular weight is 394 g/mol. The summed E-state index contributed by atoms with van der Waals surface area (Å²) in [6, 6.07) is 3.92. The first kappa shape index (κ1) is 16.8. The first-order chi connectivity index (χ1) is 9.75. The summed E-state index contributed by atoms with van der Waals surface area (Å²) in [5, 5.41) is 9.25. The van der Waals surface area contributed by atoms with Crippen LogP contribution in [-0.4, -0.2) is 47.4 Å². The summed E-state index contributed by atoms with van der Waals surface area (Å²) >= 11 is 4.95. The Morgan fingerprint density at radius 1 is 1.43 bits per heavy atom. The van der Waals surface area contributed by atoms with Crippen molar-refractivity contribution in [2.45, 2.75) is 30.0 Å². The Hall–Kier alpha value is -0.570. The molecule has 2 rings (SSSR count). The van der Waals surface area contributed by atoms with Gasteiger partial charge in [0.15, 0.2) is 0 Å². The number of carboxylic acids is 1. The van der Waals surface area contributed by atoms with Crippen LogP contribution in [0.4, 0.5) is 0 Å². The minimum Gasteiger partial charge on any atom is -0.478 e. The van der Waals surface area contributed by atoms with Crippen molar-refractivity contribution in [2.24, 2.45) is 0 Å². The second-order valence-electron chi connectivity index (χ2n) is 4.88. The van der Waals surface area contributed by atoms with Gasteiger partial charge in [-0.1, -0.05) is 6.92 Å². The smallest absolute Gasteiger partial charge is 0.335 e. The summed E-state index contributed by atoms with van der Waals surface area (Å²) in [6.07, 6.45) is 0. The minimum atomic E-state index is -3.72. The van der Waals surface area contributed by atoms with Gasteiger partial charge in [-0.2, -0.15) is 16.1 Å². The Labute approximate surface area is 136 Å². The molecule has 0 amide bonds. The standard InChI is InChI=1S/C13H16BrNO4S2/c1-8-9(2)20-6-5-15(8)21(18,19)12-7-10(13(16)17)3-4-11(12)14/h3-4,7-9H,5-6H2,1-2H3,(H,16,17). The Bertz CT molecular complexity index is 662. The van der Waals surface area contributed by atoms with E-state index in [0.29, 0.717) is 11.0 Å². The van der Waals surface area contributed by atoms with E-state index in [9.17, 15) is 13.2 Å². The fourth-order valence-corrected chi connectivity index (χ4v) is 6.15. The summed E-state index contributed by atoms with van der Waals surface area (Å²) < 4.78 is 27.5. The summed E-state index contributed by atoms with van der Waals surface area (Å²) in [5.74, 6) is -0.407. The Balaban J connectivity index is 2.48. The van der Waals surface area contributed by atoms with Crippen LogP contribution in [0.3, 0.4) is 0 Å². The molecule has 0 aliphatic carbocycles. The average Bonchev–Trinajstić information content (AvgIpc) is 2.41. The van der Waals surface area contributed by atoms with Gasteiger partial charge >= 0.3 is 5.97 Å². The van der Waals surface area contributed by atoms with Crippen molar-refractivity contribution in [1.82, 2.24) is 4.31 Å². The molecule has 21 heavy (non-hydrogen) atoms. The maximum absolute atomic E-state index is 12.8. The number of nitrogens with zero attached hydrogens (tertiary/aromatic N) is 1. The molecule has 1 saturated heterocycles. The molecular formula is C13H16BrNO4S2. The van der Waals surface area contributed by atoms with Crippen molar-refractivity contribution in [3.05, 3.63) is 28.2 Å². The van der Waals surface area contributed by atoms with E-state index in [4.69, 9.17) is 5.11 Å². The number of hydrogen-bond acceptors (Lipinski definition) is 4. The first-order valence-corrected chi connectivity index (χ1v) is 9.69. The van der Waals surface area contributed by atoms with Crippen molar-refractivity contribution in [3.8, 4) is 0 Å². The summed E-state index contributed by atoms with van der Waals surface area (Å²) in [5.41, 5.74) is -0.0381. The normalized spacial score (nSPS) is 24.0. The zero-order valence-corrected chi connectivity index (χ0v) is 14.8. The Morgan fingerprint density at radius 3 is 2.71 bits per heavy atom. The van der Waals surface area contributed by atoms with Crippen LogP contribution in [0.15, 0.2) is 27.6 Å². The number of carboxylic acid groups (broad SMARTS) is 1. The SMILES string of the molecule is CC1SCCN(S(=O)(=O)c2cc(C(=O)O)ccc2Br)C1C. The maximum atomic E-state index is 12.8. The summed E-state index contributed by atoms with van der Waals surface area (Å²) in [6.45, 7) is 4.31. The lowest BCUT2D eigenvalue weighted by atomic mass is 10.2. The molecule has 1 aromatic carbocycles. The second-order valence-corrected chi connectivity index (χ2v) is 9.08. The highest BCUT2D eigenvalue weighted by Crippen LogP contribution is 2.32. The monoisotopic (exact) mass is 393 g/mol. The van der Waals surface area contributed by atoms with E-state index in [1.807, 2.05) is 13.8 Å². The third-order valence-electron chi connectivity index (χ3n) is 3.59. The number of benzene rings is 1. The molecule has 0 saturated carbocycles. The number of carbonyl (C=O) groups is 1. The molecule has 8 heteroatoms. The van der Waals surface area contributed by atoms with Gasteiger partial charge in [0.25, 0.3) is 0 Å². The highest BCUT2D eigenvalue weighted by atomic mass is 79.9. The van der Waals surface area contributed by atoms with E-state index in [0.717, 1.165) is 5.75 Å². The maximum Gasteiger partial charge on any atom is 0.335 e. The number of rotatable bonds is 3. The molecule has 0 aromatic heterocycles. The van der Waals surface area contributed by atoms with Crippen molar-refractivity contribution >= 4 is 43.7 Å². The van der Waals surface area contributed by atoms with Crippen LogP contribution in [0.2, 0.25) is 0 Å². The molecule has 0 radical (unpaired) electrons. The third-order valence-corrected chi connectivity index (χ3v) is 7.91. The number of hydrogen-bond donors (Lipinski definition) is 1. The van der Waals surface area contributed by atoms with Crippen LogP contribution in [0.1, 0.15) is 24.2 Å². The zero-order valence-electron chi connectivity index (χ0n) is 11.6. The van der Waals surface area contributed by atoms with Gasteiger partial charge in [0.1, 0.15) is 0 Å². The predicted octanol–water partition coefficient (Wildman–Crippen LogP) is 2.66. The molecule has 1 aliphatic heterocycles. The quantitative estimate of drug-likeness (QED) is 0.853. The fourth-order valence-electron chi connectivity index (χ4n) is 2.21. The van der Waals surface area contributed by atoms with Gasteiger partial charge in [0.2, 0.25) is 10.0 Å². The molecule has 1 N–H and O–H groups in total.